The molecule has 0 saturated carbocycles. The average molecular weight is 255 g/mol. The molecule has 0 aromatic carbocycles. The minimum absolute atomic E-state index is 0.0101. The summed E-state index contributed by atoms with van der Waals surface area (Å²) < 4.78 is 6.25. The molecule has 0 aromatic rings. The van der Waals surface area contributed by atoms with Crippen LogP contribution in [0, 0.1) is 11.8 Å². The zero-order chi connectivity index (χ0) is 14.0. The molecular formula is C16H33NO. The van der Waals surface area contributed by atoms with E-state index in [1.165, 1.54) is 12.8 Å². The predicted molar refractivity (Wildman–Crippen MR) is 78.9 cm³/mol. The normalized spacial score (nSPS) is 29.2. The maximum Gasteiger partial charge on any atom is 0.0677 e. The lowest BCUT2D eigenvalue weighted by Crippen LogP contribution is -2.45. The van der Waals surface area contributed by atoms with Gasteiger partial charge in [-0.1, -0.05) is 27.2 Å². The monoisotopic (exact) mass is 255 g/mol. The Morgan fingerprint density at radius 3 is 2.22 bits per heavy atom. The van der Waals surface area contributed by atoms with E-state index in [0.29, 0.717) is 12.0 Å². The zero-order valence-corrected chi connectivity index (χ0v) is 13.5. The molecule has 1 rings (SSSR count). The van der Waals surface area contributed by atoms with E-state index in [9.17, 15) is 0 Å². The third-order valence-electron chi connectivity index (χ3n) is 4.45. The Hall–Kier alpha value is -0.0800. The maximum absolute atomic E-state index is 6.25. The molecule has 3 atom stereocenters. The van der Waals surface area contributed by atoms with E-state index in [-0.39, 0.29) is 11.2 Å². The van der Waals surface area contributed by atoms with Crippen LogP contribution in [0.1, 0.15) is 67.7 Å². The molecule has 1 saturated heterocycles. The van der Waals surface area contributed by atoms with Crippen LogP contribution >= 0.6 is 0 Å². The summed E-state index contributed by atoms with van der Waals surface area (Å²) >= 11 is 0. The molecule has 1 heterocycles. The lowest BCUT2D eigenvalue weighted by molar-refractivity contribution is -0.0782. The molecule has 0 aromatic heterocycles. The minimum Gasteiger partial charge on any atom is -0.369 e. The van der Waals surface area contributed by atoms with Crippen LogP contribution < -0.4 is 5.32 Å². The van der Waals surface area contributed by atoms with Gasteiger partial charge in [-0.15, -0.1) is 0 Å². The second-order valence-electron chi connectivity index (χ2n) is 7.19. The number of hydrogen-bond acceptors (Lipinski definition) is 2. The van der Waals surface area contributed by atoms with Gasteiger partial charge in [-0.2, -0.15) is 0 Å². The number of rotatable bonds is 6. The molecule has 0 spiro atoms. The number of nitrogens with one attached hydrogen (secondary N) is 1. The second-order valence-corrected chi connectivity index (χ2v) is 7.19. The number of ether oxygens (including phenoxy) is 1. The molecule has 1 aliphatic heterocycles. The van der Waals surface area contributed by atoms with Crippen molar-refractivity contribution in [2.75, 3.05) is 6.54 Å². The van der Waals surface area contributed by atoms with Crippen LogP contribution in [0.2, 0.25) is 0 Å². The topological polar surface area (TPSA) is 21.3 Å². The molecule has 1 N–H and O–H groups in total. The lowest BCUT2D eigenvalue weighted by atomic mass is 9.78. The SMILES string of the molecule is CCNC(CC(C)CC)C1CC(C)(C)OC1(C)C. The van der Waals surface area contributed by atoms with Crippen molar-refractivity contribution < 1.29 is 4.74 Å². The van der Waals surface area contributed by atoms with Crippen LogP contribution in [-0.4, -0.2) is 23.8 Å². The first-order valence-electron chi connectivity index (χ1n) is 7.65. The zero-order valence-electron chi connectivity index (χ0n) is 13.5. The first-order chi connectivity index (χ1) is 8.22. The van der Waals surface area contributed by atoms with Crippen molar-refractivity contribution in [2.24, 2.45) is 11.8 Å². The molecule has 0 radical (unpaired) electrons. The van der Waals surface area contributed by atoms with Gasteiger partial charge in [-0.3, -0.25) is 0 Å². The standard InChI is InChI=1S/C16H33NO/c1-8-12(3)10-14(17-9-2)13-11-15(4,5)18-16(13,6)7/h12-14,17H,8-11H2,1-7H3. The molecule has 18 heavy (non-hydrogen) atoms. The number of hydrogen-bond donors (Lipinski definition) is 1. The summed E-state index contributed by atoms with van der Waals surface area (Å²) in [5.74, 6) is 1.40. The van der Waals surface area contributed by atoms with E-state index in [2.05, 4.69) is 53.8 Å². The van der Waals surface area contributed by atoms with E-state index in [4.69, 9.17) is 4.74 Å². The van der Waals surface area contributed by atoms with Gasteiger partial charge in [0.25, 0.3) is 0 Å². The summed E-state index contributed by atoms with van der Waals surface area (Å²) in [6.45, 7) is 16.9. The van der Waals surface area contributed by atoms with E-state index in [1.54, 1.807) is 0 Å². The minimum atomic E-state index is -0.0101. The highest BCUT2D eigenvalue weighted by Gasteiger charge is 2.48. The highest BCUT2D eigenvalue weighted by atomic mass is 16.5. The quantitative estimate of drug-likeness (QED) is 0.774. The van der Waals surface area contributed by atoms with E-state index < -0.39 is 0 Å². The molecule has 1 fully saturated rings. The van der Waals surface area contributed by atoms with Gasteiger partial charge in [-0.05, 0) is 53.0 Å². The van der Waals surface area contributed by atoms with Crippen molar-refractivity contribution >= 4 is 0 Å². The van der Waals surface area contributed by atoms with Gasteiger partial charge in [0.2, 0.25) is 0 Å². The third-order valence-corrected chi connectivity index (χ3v) is 4.45. The largest absolute Gasteiger partial charge is 0.369 e. The summed E-state index contributed by atoms with van der Waals surface area (Å²) in [6.07, 6.45) is 3.69. The summed E-state index contributed by atoms with van der Waals surface area (Å²) in [5, 5.41) is 3.70. The summed E-state index contributed by atoms with van der Waals surface area (Å²) in [6, 6.07) is 0.585. The fourth-order valence-corrected chi connectivity index (χ4v) is 3.48. The van der Waals surface area contributed by atoms with Gasteiger partial charge in [0.1, 0.15) is 0 Å². The van der Waals surface area contributed by atoms with Crippen LogP contribution in [0.3, 0.4) is 0 Å². The summed E-state index contributed by atoms with van der Waals surface area (Å²) in [7, 11) is 0. The van der Waals surface area contributed by atoms with Crippen LogP contribution in [0.4, 0.5) is 0 Å². The van der Waals surface area contributed by atoms with E-state index >= 15 is 0 Å². The lowest BCUT2D eigenvalue weighted by Gasteiger charge is -2.34. The van der Waals surface area contributed by atoms with Crippen LogP contribution in [0.15, 0.2) is 0 Å². The van der Waals surface area contributed by atoms with Crippen LogP contribution in [-0.2, 0) is 4.74 Å². The molecular weight excluding hydrogens is 222 g/mol. The van der Waals surface area contributed by atoms with Crippen molar-refractivity contribution in [1.82, 2.24) is 5.32 Å². The fourth-order valence-electron chi connectivity index (χ4n) is 3.48. The molecule has 0 aliphatic carbocycles. The first-order valence-corrected chi connectivity index (χ1v) is 7.65. The molecule has 3 unspecified atom stereocenters. The van der Waals surface area contributed by atoms with Gasteiger partial charge < -0.3 is 10.1 Å². The second kappa shape index (κ2) is 5.92. The third kappa shape index (κ3) is 3.96. The van der Waals surface area contributed by atoms with E-state index in [1.807, 2.05) is 0 Å². The molecule has 0 bridgehead atoms. The van der Waals surface area contributed by atoms with Gasteiger partial charge in [-0.25, -0.2) is 0 Å². The molecule has 0 amide bonds. The highest BCUT2D eigenvalue weighted by molar-refractivity contribution is 4.99. The Morgan fingerprint density at radius 2 is 1.83 bits per heavy atom. The van der Waals surface area contributed by atoms with E-state index in [0.717, 1.165) is 18.9 Å². The Bertz CT molecular complexity index is 260. The smallest absolute Gasteiger partial charge is 0.0677 e. The van der Waals surface area contributed by atoms with Crippen molar-refractivity contribution in [3.63, 3.8) is 0 Å². The van der Waals surface area contributed by atoms with Crippen molar-refractivity contribution in [1.29, 1.82) is 0 Å². The summed E-state index contributed by atoms with van der Waals surface area (Å²) in [4.78, 5) is 0. The van der Waals surface area contributed by atoms with Gasteiger partial charge in [0.05, 0.1) is 11.2 Å². The van der Waals surface area contributed by atoms with Gasteiger partial charge >= 0.3 is 0 Å². The average Bonchev–Trinajstić information content (AvgIpc) is 2.45. The Labute approximate surface area is 114 Å². The molecule has 2 nitrogen and oxygen atoms in total. The van der Waals surface area contributed by atoms with Crippen molar-refractivity contribution in [3.05, 3.63) is 0 Å². The molecule has 108 valence electrons. The predicted octanol–water partition coefficient (Wildman–Crippen LogP) is 3.99. The van der Waals surface area contributed by atoms with Crippen molar-refractivity contribution in [3.8, 4) is 0 Å². The molecule has 1 aliphatic rings. The highest BCUT2D eigenvalue weighted by Crippen LogP contribution is 2.44. The Balaban J connectivity index is 2.78. The van der Waals surface area contributed by atoms with Crippen LogP contribution in [0.25, 0.3) is 0 Å². The summed E-state index contributed by atoms with van der Waals surface area (Å²) in [5.41, 5.74) is 0.0150. The van der Waals surface area contributed by atoms with Gasteiger partial charge in [0.15, 0.2) is 0 Å². The Morgan fingerprint density at radius 1 is 1.22 bits per heavy atom. The first kappa shape index (κ1) is 16.0. The Kier molecular flexibility index (Phi) is 5.25. The fraction of sp³-hybridized carbons (Fsp3) is 1.00. The van der Waals surface area contributed by atoms with Crippen molar-refractivity contribution in [2.45, 2.75) is 85.0 Å². The maximum atomic E-state index is 6.25. The van der Waals surface area contributed by atoms with Gasteiger partial charge in [0, 0.05) is 12.0 Å². The molecule has 2 heteroatoms. The van der Waals surface area contributed by atoms with Crippen LogP contribution in [0.5, 0.6) is 0 Å².